The van der Waals surface area contributed by atoms with Crippen LogP contribution in [0.4, 0.5) is 0 Å². The van der Waals surface area contributed by atoms with Crippen molar-refractivity contribution < 1.29 is 0 Å². The minimum atomic E-state index is 0.230. The van der Waals surface area contributed by atoms with Gasteiger partial charge in [-0.05, 0) is 24.2 Å². The summed E-state index contributed by atoms with van der Waals surface area (Å²) in [4.78, 5) is 0. The molecule has 0 aromatic rings. The SMILES string of the molecule is [CH2]C(C)(C)C(C)C(C)C. The minimum Gasteiger partial charge on any atom is -0.0625 e. The van der Waals surface area contributed by atoms with Gasteiger partial charge < -0.3 is 0 Å². The Balaban J connectivity index is 3.88. The van der Waals surface area contributed by atoms with Crippen LogP contribution in [0.1, 0.15) is 34.6 Å². The van der Waals surface area contributed by atoms with E-state index in [0.717, 1.165) is 5.92 Å². The normalized spacial score (nSPS) is 16.3. The van der Waals surface area contributed by atoms with Gasteiger partial charge in [-0.3, -0.25) is 0 Å². The Kier molecular flexibility index (Phi) is 2.72. The lowest BCUT2D eigenvalue weighted by Gasteiger charge is -2.30. The summed E-state index contributed by atoms with van der Waals surface area (Å²) in [6.07, 6.45) is 0. The van der Waals surface area contributed by atoms with Crippen molar-refractivity contribution in [1.82, 2.24) is 0 Å². The van der Waals surface area contributed by atoms with Crippen molar-refractivity contribution in [3.05, 3.63) is 6.92 Å². The molecule has 0 saturated heterocycles. The van der Waals surface area contributed by atoms with Crippen LogP contribution in [0.3, 0.4) is 0 Å². The summed E-state index contributed by atoms with van der Waals surface area (Å²) >= 11 is 0. The molecule has 9 heavy (non-hydrogen) atoms. The second-order valence-corrected chi connectivity index (χ2v) is 4.02. The minimum absolute atomic E-state index is 0.230. The second-order valence-electron chi connectivity index (χ2n) is 4.02. The molecule has 0 rings (SSSR count). The molecule has 1 radical (unpaired) electrons. The molecule has 0 heteroatoms. The summed E-state index contributed by atoms with van der Waals surface area (Å²) in [5.74, 6) is 1.45. The predicted octanol–water partition coefficient (Wildman–Crippen LogP) is 3.14. The van der Waals surface area contributed by atoms with E-state index < -0.39 is 0 Å². The summed E-state index contributed by atoms with van der Waals surface area (Å²) in [6.45, 7) is 15.2. The molecule has 0 aromatic heterocycles. The zero-order valence-electron chi connectivity index (χ0n) is 7.36. The van der Waals surface area contributed by atoms with Crippen LogP contribution in [0, 0.1) is 24.2 Å². The molecule has 0 aliphatic rings. The van der Waals surface area contributed by atoms with Crippen LogP contribution < -0.4 is 0 Å². The highest BCUT2D eigenvalue weighted by Crippen LogP contribution is 2.30. The molecule has 0 amide bonds. The summed E-state index contributed by atoms with van der Waals surface area (Å²) < 4.78 is 0. The molecule has 0 spiro atoms. The van der Waals surface area contributed by atoms with E-state index in [4.69, 9.17) is 0 Å². The molecule has 0 saturated carbocycles. The maximum absolute atomic E-state index is 4.09. The van der Waals surface area contributed by atoms with E-state index in [2.05, 4.69) is 41.5 Å². The van der Waals surface area contributed by atoms with E-state index in [1.54, 1.807) is 0 Å². The first-order valence-corrected chi connectivity index (χ1v) is 3.71. The summed E-state index contributed by atoms with van der Waals surface area (Å²) in [7, 11) is 0. The van der Waals surface area contributed by atoms with Crippen LogP contribution in [-0.4, -0.2) is 0 Å². The van der Waals surface area contributed by atoms with E-state index in [9.17, 15) is 0 Å². The van der Waals surface area contributed by atoms with Gasteiger partial charge in [0.2, 0.25) is 0 Å². The highest BCUT2D eigenvalue weighted by molar-refractivity contribution is 4.78. The van der Waals surface area contributed by atoms with E-state index in [1.165, 1.54) is 0 Å². The fourth-order valence-electron chi connectivity index (χ4n) is 0.902. The topological polar surface area (TPSA) is 0 Å². The lowest BCUT2D eigenvalue weighted by atomic mass is 9.76. The van der Waals surface area contributed by atoms with Crippen molar-refractivity contribution in [3.63, 3.8) is 0 Å². The molecule has 55 valence electrons. The summed E-state index contributed by atoms with van der Waals surface area (Å²) in [5.41, 5.74) is 0.230. The van der Waals surface area contributed by atoms with Crippen molar-refractivity contribution >= 4 is 0 Å². The predicted molar refractivity (Wildman–Crippen MR) is 43.1 cm³/mol. The van der Waals surface area contributed by atoms with Gasteiger partial charge in [0.05, 0.1) is 0 Å². The number of hydrogen-bond donors (Lipinski definition) is 0. The zero-order chi connectivity index (χ0) is 7.65. The van der Waals surface area contributed by atoms with Crippen molar-refractivity contribution in [3.8, 4) is 0 Å². The molecule has 1 atom stereocenters. The molecule has 0 nitrogen and oxygen atoms in total. The molecule has 0 aliphatic heterocycles. The third kappa shape index (κ3) is 2.88. The van der Waals surface area contributed by atoms with Gasteiger partial charge in [-0.25, -0.2) is 0 Å². The third-order valence-corrected chi connectivity index (χ3v) is 2.23. The molecule has 0 fully saturated rings. The van der Waals surface area contributed by atoms with Gasteiger partial charge in [0.15, 0.2) is 0 Å². The van der Waals surface area contributed by atoms with Crippen molar-refractivity contribution in [2.75, 3.05) is 0 Å². The quantitative estimate of drug-likeness (QED) is 0.534. The van der Waals surface area contributed by atoms with Gasteiger partial charge in [0.1, 0.15) is 0 Å². The monoisotopic (exact) mass is 127 g/mol. The Morgan fingerprint density at radius 3 is 1.44 bits per heavy atom. The fraction of sp³-hybridized carbons (Fsp3) is 0.889. The van der Waals surface area contributed by atoms with E-state index in [1.807, 2.05) is 0 Å². The molecular weight excluding hydrogens is 108 g/mol. The molecule has 0 bridgehead atoms. The van der Waals surface area contributed by atoms with Gasteiger partial charge in [0.25, 0.3) is 0 Å². The lowest BCUT2D eigenvalue weighted by Crippen LogP contribution is -2.22. The molecule has 0 heterocycles. The van der Waals surface area contributed by atoms with Crippen LogP contribution in [0.2, 0.25) is 0 Å². The fourth-order valence-corrected chi connectivity index (χ4v) is 0.902. The maximum atomic E-state index is 4.09. The van der Waals surface area contributed by atoms with Crippen molar-refractivity contribution in [2.24, 2.45) is 17.3 Å². The first kappa shape index (κ1) is 9.00. The highest BCUT2D eigenvalue weighted by atomic mass is 14.3. The second kappa shape index (κ2) is 2.72. The molecule has 0 N–H and O–H groups in total. The Morgan fingerprint density at radius 2 is 1.44 bits per heavy atom. The molecule has 0 aliphatic carbocycles. The number of hydrogen-bond acceptors (Lipinski definition) is 0. The Labute approximate surface area is 59.7 Å². The third-order valence-electron chi connectivity index (χ3n) is 2.23. The van der Waals surface area contributed by atoms with Crippen LogP contribution >= 0.6 is 0 Å². The van der Waals surface area contributed by atoms with Crippen molar-refractivity contribution in [2.45, 2.75) is 34.6 Å². The number of rotatable bonds is 2. The maximum Gasteiger partial charge on any atom is -0.0326 e. The first-order chi connectivity index (χ1) is 3.85. The largest absolute Gasteiger partial charge is 0.0625 e. The Hall–Kier alpha value is 0. The standard InChI is InChI=1S/C9H19/c1-7(2)8(3)9(4,5)6/h7-8H,4H2,1-3,5-6H3. The van der Waals surface area contributed by atoms with E-state index >= 15 is 0 Å². The molecule has 1 unspecified atom stereocenters. The molecule has 0 aromatic carbocycles. The van der Waals surface area contributed by atoms with Gasteiger partial charge in [-0.2, -0.15) is 0 Å². The lowest BCUT2D eigenvalue weighted by molar-refractivity contribution is 0.231. The highest BCUT2D eigenvalue weighted by Gasteiger charge is 2.22. The van der Waals surface area contributed by atoms with Gasteiger partial charge in [0, 0.05) is 0 Å². The smallest absolute Gasteiger partial charge is 0.0326 e. The van der Waals surface area contributed by atoms with Gasteiger partial charge in [-0.15, -0.1) is 0 Å². The Bertz CT molecular complexity index is 74.5. The van der Waals surface area contributed by atoms with E-state index in [-0.39, 0.29) is 5.41 Å². The van der Waals surface area contributed by atoms with Crippen LogP contribution in [-0.2, 0) is 0 Å². The van der Waals surface area contributed by atoms with Crippen LogP contribution in [0.15, 0.2) is 0 Å². The van der Waals surface area contributed by atoms with Gasteiger partial charge in [-0.1, -0.05) is 34.6 Å². The average molecular weight is 127 g/mol. The summed E-state index contributed by atoms with van der Waals surface area (Å²) in [5, 5.41) is 0. The van der Waals surface area contributed by atoms with Crippen LogP contribution in [0.25, 0.3) is 0 Å². The average Bonchev–Trinajstić information content (AvgIpc) is 1.62. The van der Waals surface area contributed by atoms with Crippen molar-refractivity contribution in [1.29, 1.82) is 0 Å². The molecular formula is C9H19. The van der Waals surface area contributed by atoms with Gasteiger partial charge >= 0.3 is 0 Å². The Morgan fingerprint density at radius 1 is 1.11 bits per heavy atom. The van der Waals surface area contributed by atoms with E-state index in [0.29, 0.717) is 5.92 Å². The first-order valence-electron chi connectivity index (χ1n) is 3.71. The zero-order valence-corrected chi connectivity index (χ0v) is 7.36. The summed E-state index contributed by atoms with van der Waals surface area (Å²) in [6, 6.07) is 0. The van der Waals surface area contributed by atoms with Crippen LogP contribution in [0.5, 0.6) is 0 Å².